The van der Waals surface area contributed by atoms with Gasteiger partial charge < -0.3 is 14.7 Å². The number of hydrogen-bond donors (Lipinski definition) is 1. The third-order valence-electron chi connectivity index (χ3n) is 4.40. The Hall–Kier alpha value is -2.02. The minimum absolute atomic E-state index is 0.144. The molecule has 1 N–H and O–H groups in total. The van der Waals surface area contributed by atoms with Crippen molar-refractivity contribution in [3.05, 3.63) is 42.0 Å². The predicted molar refractivity (Wildman–Crippen MR) is 96.5 cm³/mol. The molecule has 24 heavy (non-hydrogen) atoms. The van der Waals surface area contributed by atoms with Gasteiger partial charge in [0, 0.05) is 24.1 Å². The quantitative estimate of drug-likeness (QED) is 0.791. The number of aliphatic hydroxyl groups is 1. The van der Waals surface area contributed by atoms with Crippen molar-refractivity contribution < 1.29 is 9.84 Å². The van der Waals surface area contributed by atoms with Crippen molar-refractivity contribution in [3.8, 4) is 11.1 Å². The van der Waals surface area contributed by atoms with Gasteiger partial charge in [-0.25, -0.2) is 9.97 Å². The molecule has 0 aliphatic carbocycles. The van der Waals surface area contributed by atoms with Gasteiger partial charge in [-0.1, -0.05) is 30.3 Å². The number of fused-ring (bicyclic) bond motifs is 1. The standard InChI is InChI=1S/C18H19N3O2S/c22-8-6-14-10-23-9-7-21(14)17-16-15(13-4-2-1-3-5-13)11-24-18(16)20-12-19-17/h1-5,11-12,14,22H,6-10H2. The van der Waals surface area contributed by atoms with Crippen LogP contribution in [0.3, 0.4) is 0 Å². The lowest BCUT2D eigenvalue weighted by molar-refractivity contribution is 0.0847. The first-order valence-electron chi connectivity index (χ1n) is 8.11. The van der Waals surface area contributed by atoms with Gasteiger partial charge in [0.1, 0.15) is 17.0 Å². The normalized spacial score (nSPS) is 18.2. The van der Waals surface area contributed by atoms with E-state index in [2.05, 4.69) is 32.4 Å². The highest BCUT2D eigenvalue weighted by Crippen LogP contribution is 2.38. The molecule has 3 aromatic rings. The highest BCUT2D eigenvalue weighted by molar-refractivity contribution is 7.17. The molecule has 1 saturated heterocycles. The molecule has 4 rings (SSSR count). The fraction of sp³-hybridized carbons (Fsp3) is 0.333. The third kappa shape index (κ3) is 2.77. The molecule has 5 nitrogen and oxygen atoms in total. The van der Waals surface area contributed by atoms with E-state index < -0.39 is 0 Å². The van der Waals surface area contributed by atoms with E-state index in [0.29, 0.717) is 19.6 Å². The second kappa shape index (κ2) is 6.84. The van der Waals surface area contributed by atoms with Crippen molar-refractivity contribution in [3.63, 3.8) is 0 Å². The molecule has 1 atom stereocenters. The summed E-state index contributed by atoms with van der Waals surface area (Å²) in [6.45, 7) is 2.23. The van der Waals surface area contributed by atoms with E-state index in [9.17, 15) is 5.11 Å². The first-order valence-corrected chi connectivity index (χ1v) is 8.99. The van der Waals surface area contributed by atoms with E-state index in [-0.39, 0.29) is 12.6 Å². The Morgan fingerprint density at radius 3 is 2.96 bits per heavy atom. The summed E-state index contributed by atoms with van der Waals surface area (Å²) >= 11 is 1.64. The van der Waals surface area contributed by atoms with Crippen molar-refractivity contribution in [2.24, 2.45) is 0 Å². The summed E-state index contributed by atoms with van der Waals surface area (Å²) in [6.07, 6.45) is 2.31. The molecule has 0 radical (unpaired) electrons. The summed E-state index contributed by atoms with van der Waals surface area (Å²) in [5, 5.41) is 12.6. The smallest absolute Gasteiger partial charge is 0.141 e. The van der Waals surface area contributed by atoms with Crippen LogP contribution in [0.4, 0.5) is 5.82 Å². The Balaban J connectivity index is 1.84. The number of rotatable bonds is 4. The van der Waals surface area contributed by atoms with Gasteiger partial charge in [-0.15, -0.1) is 11.3 Å². The molecule has 1 aliphatic rings. The Morgan fingerprint density at radius 1 is 1.25 bits per heavy atom. The van der Waals surface area contributed by atoms with Crippen molar-refractivity contribution in [2.75, 3.05) is 31.3 Å². The lowest BCUT2D eigenvalue weighted by Gasteiger charge is -2.36. The number of thiophene rings is 1. The molecule has 2 aromatic heterocycles. The van der Waals surface area contributed by atoms with Crippen molar-refractivity contribution in [2.45, 2.75) is 12.5 Å². The monoisotopic (exact) mass is 341 g/mol. The van der Waals surface area contributed by atoms with Crippen LogP contribution in [-0.4, -0.2) is 47.5 Å². The summed E-state index contributed by atoms with van der Waals surface area (Å²) in [7, 11) is 0. The zero-order valence-electron chi connectivity index (χ0n) is 13.3. The summed E-state index contributed by atoms with van der Waals surface area (Å²) in [5.74, 6) is 0.946. The first kappa shape index (κ1) is 15.5. The fourth-order valence-corrected chi connectivity index (χ4v) is 4.14. The highest BCUT2D eigenvalue weighted by Gasteiger charge is 2.27. The lowest BCUT2D eigenvalue weighted by Crippen LogP contribution is -2.46. The van der Waals surface area contributed by atoms with E-state index >= 15 is 0 Å². The number of benzene rings is 1. The topological polar surface area (TPSA) is 58.5 Å². The molecule has 0 spiro atoms. The summed E-state index contributed by atoms with van der Waals surface area (Å²) < 4.78 is 5.60. The number of ether oxygens (including phenoxy) is 1. The zero-order chi connectivity index (χ0) is 16.4. The number of anilines is 1. The molecule has 3 heterocycles. The van der Waals surface area contributed by atoms with Crippen LogP contribution < -0.4 is 4.90 Å². The summed E-state index contributed by atoms with van der Waals surface area (Å²) in [5.41, 5.74) is 2.34. The van der Waals surface area contributed by atoms with Gasteiger partial charge in [0.2, 0.25) is 0 Å². The maximum Gasteiger partial charge on any atom is 0.141 e. The average Bonchev–Trinajstić information content (AvgIpc) is 3.07. The van der Waals surface area contributed by atoms with E-state index in [0.717, 1.165) is 22.6 Å². The van der Waals surface area contributed by atoms with Gasteiger partial charge in [0.05, 0.1) is 24.6 Å². The summed E-state index contributed by atoms with van der Waals surface area (Å²) in [4.78, 5) is 12.3. The maximum absolute atomic E-state index is 9.38. The second-order valence-corrected chi connectivity index (χ2v) is 6.69. The van der Waals surface area contributed by atoms with Crippen molar-refractivity contribution in [1.82, 2.24) is 9.97 Å². The Labute approximate surface area is 144 Å². The van der Waals surface area contributed by atoms with Crippen molar-refractivity contribution >= 4 is 27.4 Å². The molecule has 0 amide bonds. The molecule has 1 aromatic carbocycles. The van der Waals surface area contributed by atoms with Gasteiger partial charge in [0.25, 0.3) is 0 Å². The van der Waals surface area contributed by atoms with Gasteiger partial charge in [0.15, 0.2) is 0 Å². The van der Waals surface area contributed by atoms with Crippen LogP contribution >= 0.6 is 11.3 Å². The number of aliphatic hydroxyl groups excluding tert-OH is 1. The van der Waals surface area contributed by atoms with E-state index in [1.165, 1.54) is 11.1 Å². The lowest BCUT2D eigenvalue weighted by atomic mass is 10.0. The molecule has 1 aliphatic heterocycles. The molecule has 0 bridgehead atoms. The van der Waals surface area contributed by atoms with Crippen LogP contribution in [0.25, 0.3) is 21.3 Å². The number of morpholine rings is 1. The number of nitrogens with zero attached hydrogens (tertiary/aromatic N) is 3. The maximum atomic E-state index is 9.38. The molecule has 0 saturated carbocycles. The van der Waals surface area contributed by atoms with E-state index in [4.69, 9.17) is 4.74 Å². The van der Waals surface area contributed by atoms with Gasteiger partial charge in [-0.05, 0) is 12.0 Å². The van der Waals surface area contributed by atoms with Crippen LogP contribution in [0.5, 0.6) is 0 Å². The Bertz CT molecular complexity index is 820. The Kier molecular flexibility index (Phi) is 4.42. The SMILES string of the molecule is OCCC1COCCN1c1ncnc2scc(-c3ccccc3)c12. The van der Waals surface area contributed by atoms with Gasteiger partial charge in [-0.3, -0.25) is 0 Å². The fourth-order valence-electron chi connectivity index (χ4n) is 3.23. The molecular formula is C18H19N3O2S. The van der Waals surface area contributed by atoms with Crippen LogP contribution in [0, 0.1) is 0 Å². The predicted octanol–water partition coefficient (Wildman–Crippen LogP) is 2.95. The molecule has 6 heteroatoms. The summed E-state index contributed by atoms with van der Waals surface area (Å²) in [6, 6.07) is 10.5. The second-order valence-electron chi connectivity index (χ2n) is 5.83. The first-order chi connectivity index (χ1) is 11.9. The molecular weight excluding hydrogens is 322 g/mol. The van der Waals surface area contributed by atoms with Crippen molar-refractivity contribution in [1.29, 1.82) is 0 Å². The third-order valence-corrected chi connectivity index (χ3v) is 5.28. The highest BCUT2D eigenvalue weighted by atomic mass is 32.1. The van der Waals surface area contributed by atoms with Crippen LogP contribution in [-0.2, 0) is 4.74 Å². The Morgan fingerprint density at radius 2 is 2.12 bits per heavy atom. The average molecular weight is 341 g/mol. The van der Waals surface area contributed by atoms with Crippen LogP contribution in [0.1, 0.15) is 6.42 Å². The molecule has 124 valence electrons. The minimum Gasteiger partial charge on any atom is -0.396 e. The van der Waals surface area contributed by atoms with E-state index in [1.54, 1.807) is 17.7 Å². The molecule has 1 fully saturated rings. The largest absolute Gasteiger partial charge is 0.396 e. The molecule has 1 unspecified atom stereocenters. The van der Waals surface area contributed by atoms with Gasteiger partial charge >= 0.3 is 0 Å². The van der Waals surface area contributed by atoms with Gasteiger partial charge in [-0.2, -0.15) is 0 Å². The van der Waals surface area contributed by atoms with Crippen LogP contribution in [0.2, 0.25) is 0 Å². The van der Waals surface area contributed by atoms with Crippen LogP contribution in [0.15, 0.2) is 42.0 Å². The number of aromatic nitrogens is 2. The zero-order valence-corrected chi connectivity index (χ0v) is 14.1. The number of hydrogen-bond acceptors (Lipinski definition) is 6. The minimum atomic E-state index is 0.144. The van der Waals surface area contributed by atoms with E-state index in [1.807, 2.05) is 18.2 Å².